The number of anilines is 1. The zero-order chi connectivity index (χ0) is 25.2. The van der Waals surface area contributed by atoms with E-state index in [0.29, 0.717) is 12.1 Å². The molecule has 0 radical (unpaired) electrons. The van der Waals surface area contributed by atoms with Gasteiger partial charge in [-0.05, 0) is 45.9 Å². The molecule has 10 nitrogen and oxygen atoms in total. The molecule has 2 aliphatic heterocycles. The Hall–Kier alpha value is -3.47. The first-order valence-electron chi connectivity index (χ1n) is 10.8. The van der Waals surface area contributed by atoms with Gasteiger partial charge in [-0.15, -0.1) is 0 Å². The van der Waals surface area contributed by atoms with Gasteiger partial charge in [0.15, 0.2) is 27.0 Å². The molecule has 1 atom stereocenters. The molecule has 0 saturated heterocycles. The van der Waals surface area contributed by atoms with Gasteiger partial charge in [-0.3, -0.25) is 19.4 Å². The molecule has 4 rings (SSSR count). The third kappa shape index (κ3) is 3.69. The van der Waals surface area contributed by atoms with Crippen LogP contribution in [0.1, 0.15) is 59.8 Å². The standard InChI is InChI=1S/C23H26N4O6S/c1-7-24-21(29)15-10-13-17(26-15)18(25-11(2)19(13)28)14-8-12(34(6,31)32)9-16-20(14)33-23(3,4)22(30)27(16)5/h8-11,26H,7H2,1-6H3,(H,24,29). The van der Waals surface area contributed by atoms with Crippen molar-refractivity contribution in [3.05, 3.63) is 40.7 Å². The number of sulfone groups is 1. The molecule has 1 aromatic carbocycles. The molecule has 180 valence electrons. The number of hydrogen-bond donors (Lipinski definition) is 2. The minimum atomic E-state index is -3.67. The molecule has 34 heavy (non-hydrogen) atoms. The van der Waals surface area contributed by atoms with E-state index in [1.54, 1.807) is 34.7 Å². The Labute approximate surface area is 197 Å². The predicted octanol–water partition coefficient (Wildman–Crippen LogP) is 1.72. The molecule has 1 unspecified atom stereocenters. The number of nitrogens with one attached hydrogen (secondary N) is 2. The van der Waals surface area contributed by atoms with Crippen LogP contribution in [0.4, 0.5) is 5.69 Å². The van der Waals surface area contributed by atoms with Gasteiger partial charge in [0.25, 0.3) is 11.8 Å². The quantitative estimate of drug-likeness (QED) is 0.675. The number of H-pyrrole nitrogens is 1. The minimum Gasteiger partial charge on any atom is -0.475 e. The number of benzene rings is 1. The first-order valence-corrected chi connectivity index (χ1v) is 12.6. The number of aromatic nitrogens is 1. The lowest BCUT2D eigenvalue weighted by molar-refractivity contribution is -0.132. The maximum atomic E-state index is 12.9. The molecule has 2 amide bonds. The molecule has 11 heteroatoms. The zero-order valence-corrected chi connectivity index (χ0v) is 20.6. The number of ketones is 1. The Morgan fingerprint density at radius 1 is 1.24 bits per heavy atom. The van der Waals surface area contributed by atoms with Crippen LogP contribution >= 0.6 is 0 Å². The Kier molecular flexibility index (Phi) is 5.43. The lowest BCUT2D eigenvalue weighted by Gasteiger charge is -2.38. The van der Waals surface area contributed by atoms with E-state index < -0.39 is 21.5 Å². The van der Waals surface area contributed by atoms with Crippen LogP contribution in [-0.4, -0.2) is 68.2 Å². The smallest absolute Gasteiger partial charge is 0.270 e. The topological polar surface area (TPSA) is 138 Å². The highest BCUT2D eigenvalue weighted by molar-refractivity contribution is 7.90. The fourth-order valence-electron chi connectivity index (χ4n) is 4.11. The van der Waals surface area contributed by atoms with Crippen molar-refractivity contribution in [2.75, 3.05) is 24.7 Å². The van der Waals surface area contributed by atoms with E-state index in [2.05, 4.69) is 15.3 Å². The number of rotatable bonds is 4. The van der Waals surface area contributed by atoms with Gasteiger partial charge in [0.2, 0.25) is 0 Å². The highest BCUT2D eigenvalue weighted by Crippen LogP contribution is 2.43. The van der Waals surface area contributed by atoms with E-state index in [9.17, 15) is 22.8 Å². The van der Waals surface area contributed by atoms with Crippen molar-refractivity contribution in [1.82, 2.24) is 10.3 Å². The van der Waals surface area contributed by atoms with Gasteiger partial charge >= 0.3 is 0 Å². The van der Waals surface area contributed by atoms with Crippen molar-refractivity contribution >= 4 is 38.8 Å². The summed E-state index contributed by atoms with van der Waals surface area (Å²) in [7, 11) is -2.13. The van der Waals surface area contributed by atoms with Crippen molar-refractivity contribution < 1.29 is 27.5 Å². The molecule has 2 aliphatic rings. The van der Waals surface area contributed by atoms with E-state index in [-0.39, 0.29) is 56.6 Å². The van der Waals surface area contributed by atoms with Gasteiger partial charge in [-0.2, -0.15) is 0 Å². The Bertz CT molecular complexity index is 1390. The molecule has 0 saturated carbocycles. The Morgan fingerprint density at radius 2 is 1.91 bits per heavy atom. The van der Waals surface area contributed by atoms with Crippen molar-refractivity contribution in [2.45, 2.75) is 44.2 Å². The maximum Gasteiger partial charge on any atom is 0.270 e. The van der Waals surface area contributed by atoms with Crippen LogP contribution in [0, 0.1) is 0 Å². The monoisotopic (exact) mass is 486 g/mol. The van der Waals surface area contributed by atoms with Crippen LogP contribution in [0.5, 0.6) is 5.75 Å². The van der Waals surface area contributed by atoms with Crippen LogP contribution in [0.25, 0.3) is 0 Å². The van der Waals surface area contributed by atoms with E-state index in [1.807, 2.05) is 0 Å². The maximum absolute atomic E-state index is 12.9. The lowest BCUT2D eigenvalue weighted by Crippen LogP contribution is -2.51. The SMILES string of the molecule is CCNC(=O)c1cc2c([nH]1)C(c1cc(S(C)(=O)=O)cc3c1OC(C)(C)C(=O)N3C)=NC(C)C2=O. The van der Waals surface area contributed by atoms with Gasteiger partial charge in [-0.1, -0.05) is 0 Å². The summed E-state index contributed by atoms with van der Waals surface area (Å²) in [6, 6.07) is 3.51. The van der Waals surface area contributed by atoms with Crippen LogP contribution < -0.4 is 15.0 Å². The number of carbonyl (C=O) groups is 3. The van der Waals surface area contributed by atoms with Crippen molar-refractivity contribution in [3.63, 3.8) is 0 Å². The van der Waals surface area contributed by atoms with E-state index in [1.165, 1.54) is 23.1 Å². The molecule has 2 aromatic rings. The minimum absolute atomic E-state index is 0.0338. The van der Waals surface area contributed by atoms with E-state index in [4.69, 9.17) is 4.74 Å². The first kappa shape index (κ1) is 23.7. The second-order valence-corrected chi connectivity index (χ2v) is 10.9. The van der Waals surface area contributed by atoms with E-state index in [0.717, 1.165) is 6.26 Å². The Morgan fingerprint density at radius 3 is 2.53 bits per heavy atom. The number of hydrogen-bond acceptors (Lipinski definition) is 7. The summed E-state index contributed by atoms with van der Waals surface area (Å²) in [6.07, 6.45) is 1.07. The molecular weight excluding hydrogens is 460 g/mol. The normalized spacial score (nSPS) is 19.2. The first-order chi connectivity index (χ1) is 15.8. The molecule has 0 aliphatic carbocycles. The fraction of sp³-hybridized carbons (Fsp3) is 0.391. The molecule has 0 fully saturated rings. The zero-order valence-electron chi connectivity index (χ0n) is 19.8. The predicted molar refractivity (Wildman–Crippen MR) is 126 cm³/mol. The van der Waals surface area contributed by atoms with Gasteiger partial charge in [-0.25, -0.2) is 8.42 Å². The molecule has 2 N–H and O–H groups in total. The molecule has 0 bridgehead atoms. The second-order valence-electron chi connectivity index (χ2n) is 8.92. The number of amides is 2. The van der Waals surface area contributed by atoms with Gasteiger partial charge in [0, 0.05) is 31.0 Å². The van der Waals surface area contributed by atoms with Crippen LogP contribution in [0.2, 0.25) is 0 Å². The summed E-state index contributed by atoms with van der Waals surface area (Å²) >= 11 is 0. The number of likely N-dealkylation sites (N-methyl/N-ethyl adjacent to an activating group) is 1. The largest absolute Gasteiger partial charge is 0.475 e. The Balaban J connectivity index is 2.02. The summed E-state index contributed by atoms with van der Waals surface area (Å²) in [5.74, 6) is -0.733. The molecular formula is C23H26N4O6S. The highest BCUT2D eigenvalue weighted by atomic mass is 32.2. The molecule has 1 aromatic heterocycles. The number of fused-ring (bicyclic) bond motifs is 2. The number of nitrogens with zero attached hydrogens (tertiary/aromatic N) is 2. The summed E-state index contributed by atoms with van der Waals surface area (Å²) in [6.45, 7) is 7.04. The fourth-order valence-corrected chi connectivity index (χ4v) is 4.76. The third-order valence-corrected chi connectivity index (χ3v) is 6.96. The summed E-state index contributed by atoms with van der Waals surface area (Å²) in [5, 5.41) is 2.68. The van der Waals surface area contributed by atoms with Crippen LogP contribution in [0.3, 0.4) is 0 Å². The van der Waals surface area contributed by atoms with Gasteiger partial charge in [0.1, 0.15) is 11.7 Å². The number of aliphatic imine (C=N–C) groups is 1. The second kappa shape index (κ2) is 7.79. The number of aromatic amines is 1. The third-order valence-electron chi connectivity index (χ3n) is 5.87. The van der Waals surface area contributed by atoms with Crippen molar-refractivity contribution in [2.24, 2.45) is 4.99 Å². The van der Waals surface area contributed by atoms with Crippen molar-refractivity contribution in [3.8, 4) is 5.75 Å². The highest BCUT2D eigenvalue weighted by Gasteiger charge is 2.42. The number of ether oxygens (including phenoxy) is 1. The van der Waals surface area contributed by atoms with Crippen LogP contribution in [0.15, 0.2) is 28.1 Å². The number of carbonyl (C=O) groups excluding carboxylic acids is 3. The summed E-state index contributed by atoms with van der Waals surface area (Å²) in [5.41, 5.74) is 0.378. The van der Waals surface area contributed by atoms with Gasteiger partial charge < -0.3 is 19.9 Å². The summed E-state index contributed by atoms with van der Waals surface area (Å²) < 4.78 is 31.1. The van der Waals surface area contributed by atoms with Crippen LogP contribution in [-0.2, 0) is 14.6 Å². The summed E-state index contributed by atoms with van der Waals surface area (Å²) in [4.78, 5) is 46.9. The van der Waals surface area contributed by atoms with E-state index >= 15 is 0 Å². The number of Topliss-reactive ketones (excluding diaryl/α,β-unsaturated/α-hetero) is 1. The molecule has 3 heterocycles. The van der Waals surface area contributed by atoms with Gasteiger partial charge in [0.05, 0.1) is 22.0 Å². The van der Waals surface area contributed by atoms with Crippen molar-refractivity contribution in [1.29, 1.82) is 0 Å². The lowest BCUT2D eigenvalue weighted by atomic mass is 9.93. The molecule has 0 spiro atoms. The average molecular weight is 487 g/mol. The average Bonchev–Trinajstić information content (AvgIpc) is 3.20.